The van der Waals surface area contributed by atoms with Gasteiger partial charge >= 0.3 is 0 Å². The Morgan fingerprint density at radius 1 is 1.15 bits per heavy atom. The minimum Gasteiger partial charge on any atom is -0.355 e. The normalized spacial score (nSPS) is 11.2. The van der Waals surface area contributed by atoms with Crippen molar-refractivity contribution < 1.29 is 4.79 Å². The first-order chi connectivity index (χ1) is 12.5. The Morgan fingerprint density at radius 3 is 2.62 bits per heavy atom. The minimum absolute atomic E-state index is 0.0128. The highest BCUT2D eigenvalue weighted by molar-refractivity contribution is 6.30. The summed E-state index contributed by atoms with van der Waals surface area (Å²) in [5, 5.41) is 3.67. The largest absolute Gasteiger partial charge is 0.355 e. The molecule has 2 aromatic carbocycles. The lowest BCUT2D eigenvalue weighted by atomic mass is 10.1. The second-order valence-corrected chi connectivity index (χ2v) is 7.36. The Morgan fingerprint density at radius 2 is 1.88 bits per heavy atom. The van der Waals surface area contributed by atoms with Crippen molar-refractivity contribution in [3.05, 3.63) is 64.9 Å². The van der Waals surface area contributed by atoms with Crippen molar-refractivity contribution in [2.75, 3.05) is 6.54 Å². The average molecular weight is 370 g/mol. The average Bonchev–Trinajstić information content (AvgIpc) is 2.94. The van der Waals surface area contributed by atoms with Gasteiger partial charge in [0.05, 0.1) is 17.5 Å². The highest BCUT2D eigenvalue weighted by atomic mass is 35.5. The molecule has 26 heavy (non-hydrogen) atoms. The number of amides is 1. The molecule has 4 nitrogen and oxygen atoms in total. The van der Waals surface area contributed by atoms with Crippen molar-refractivity contribution in [2.45, 2.75) is 33.2 Å². The molecule has 0 saturated carbocycles. The molecule has 0 spiro atoms. The molecule has 0 saturated heterocycles. The Bertz CT molecular complexity index is 884. The van der Waals surface area contributed by atoms with Gasteiger partial charge < -0.3 is 9.88 Å². The Balaban J connectivity index is 1.62. The summed E-state index contributed by atoms with van der Waals surface area (Å²) in [5.74, 6) is 1.57. The molecule has 0 aliphatic carbocycles. The van der Waals surface area contributed by atoms with Crippen LogP contribution in [-0.2, 0) is 24.2 Å². The van der Waals surface area contributed by atoms with Crippen LogP contribution in [-0.4, -0.2) is 22.0 Å². The van der Waals surface area contributed by atoms with E-state index in [1.165, 1.54) is 0 Å². The maximum Gasteiger partial charge on any atom is 0.224 e. The lowest BCUT2D eigenvalue weighted by Crippen LogP contribution is -2.28. The van der Waals surface area contributed by atoms with Crippen LogP contribution in [0.25, 0.3) is 11.0 Å². The molecule has 3 aromatic rings. The molecular formula is C21H24ClN3O. The minimum atomic E-state index is 0.0128. The van der Waals surface area contributed by atoms with E-state index in [0.29, 0.717) is 30.3 Å². The van der Waals surface area contributed by atoms with Gasteiger partial charge in [0.15, 0.2) is 0 Å². The van der Waals surface area contributed by atoms with E-state index >= 15 is 0 Å². The molecule has 5 heteroatoms. The molecular weight excluding hydrogens is 346 g/mol. The first kappa shape index (κ1) is 18.5. The second kappa shape index (κ2) is 8.37. The SMILES string of the molecule is CC(C)Cn1c(CCNC(=O)Cc2ccc(Cl)cc2)nc2ccccc21. The number of carbonyl (C=O) groups is 1. The number of fused-ring (bicyclic) bond motifs is 1. The second-order valence-electron chi connectivity index (χ2n) is 6.92. The first-order valence-corrected chi connectivity index (χ1v) is 9.36. The van der Waals surface area contributed by atoms with E-state index in [1.807, 2.05) is 30.3 Å². The van der Waals surface area contributed by atoms with Crippen molar-refractivity contribution in [1.82, 2.24) is 14.9 Å². The number of hydrogen-bond donors (Lipinski definition) is 1. The lowest BCUT2D eigenvalue weighted by Gasteiger charge is -2.12. The Hall–Kier alpha value is -2.33. The van der Waals surface area contributed by atoms with Gasteiger partial charge in [-0.05, 0) is 35.7 Å². The summed E-state index contributed by atoms with van der Waals surface area (Å²) in [6, 6.07) is 15.6. The number of hydrogen-bond acceptors (Lipinski definition) is 2. The van der Waals surface area contributed by atoms with Crippen LogP contribution in [0.5, 0.6) is 0 Å². The molecule has 136 valence electrons. The third-order valence-corrected chi connectivity index (χ3v) is 4.48. The third-order valence-electron chi connectivity index (χ3n) is 4.23. The first-order valence-electron chi connectivity index (χ1n) is 8.98. The van der Waals surface area contributed by atoms with Gasteiger partial charge in [-0.15, -0.1) is 0 Å². The fourth-order valence-electron chi connectivity index (χ4n) is 3.05. The highest BCUT2D eigenvalue weighted by Gasteiger charge is 2.12. The molecule has 0 fully saturated rings. The summed E-state index contributed by atoms with van der Waals surface area (Å²) in [7, 11) is 0. The number of para-hydroxylation sites is 2. The van der Waals surface area contributed by atoms with Crippen LogP contribution >= 0.6 is 11.6 Å². The van der Waals surface area contributed by atoms with Crippen LogP contribution in [0.15, 0.2) is 48.5 Å². The van der Waals surface area contributed by atoms with Gasteiger partial charge in [-0.2, -0.15) is 0 Å². The monoisotopic (exact) mass is 369 g/mol. The number of nitrogens with zero attached hydrogens (tertiary/aromatic N) is 2. The van der Waals surface area contributed by atoms with E-state index in [2.05, 4.69) is 29.8 Å². The van der Waals surface area contributed by atoms with Gasteiger partial charge in [0, 0.05) is 24.5 Å². The quantitative estimate of drug-likeness (QED) is 0.676. The predicted octanol–water partition coefficient (Wildman–Crippen LogP) is 4.25. The molecule has 0 atom stereocenters. The molecule has 0 aliphatic rings. The van der Waals surface area contributed by atoms with Gasteiger partial charge in [0.1, 0.15) is 5.82 Å². The van der Waals surface area contributed by atoms with E-state index < -0.39 is 0 Å². The zero-order valence-electron chi connectivity index (χ0n) is 15.2. The molecule has 1 N–H and O–H groups in total. The zero-order chi connectivity index (χ0) is 18.5. The molecule has 0 radical (unpaired) electrons. The number of halogens is 1. The summed E-state index contributed by atoms with van der Waals surface area (Å²) < 4.78 is 2.27. The molecule has 1 aromatic heterocycles. The van der Waals surface area contributed by atoms with Gasteiger partial charge in [0.2, 0.25) is 5.91 Å². The van der Waals surface area contributed by atoms with Crippen LogP contribution in [0.1, 0.15) is 25.2 Å². The molecule has 0 aliphatic heterocycles. The Labute approximate surface area is 159 Å². The van der Waals surface area contributed by atoms with Crippen LogP contribution in [0.2, 0.25) is 5.02 Å². The predicted molar refractivity (Wildman–Crippen MR) is 106 cm³/mol. The number of rotatable bonds is 7. The van der Waals surface area contributed by atoms with E-state index in [-0.39, 0.29) is 5.91 Å². The van der Waals surface area contributed by atoms with Gasteiger partial charge in [0.25, 0.3) is 0 Å². The van der Waals surface area contributed by atoms with Crippen molar-refractivity contribution in [3.63, 3.8) is 0 Å². The van der Waals surface area contributed by atoms with Crippen LogP contribution in [0.4, 0.5) is 0 Å². The molecule has 0 bridgehead atoms. The van der Waals surface area contributed by atoms with E-state index in [0.717, 1.165) is 29.0 Å². The van der Waals surface area contributed by atoms with Crippen molar-refractivity contribution in [1.29, 1.82) is 0 Å². The van der Waals surface area contributed by atoms with E-state index in [1.54, 1.807) is 12.1 Å². The summed E-state index contributed by atoms with van der Waals surface area (Å²) in [6.45, 7) is 5.90. The third kappa shape index (κ3) is 4.64. The summed E-state index contributed by atoms with van der Waals surface area (Å²) in [6.07, 6.45) is 1.08. The summed E-state index contributed by atoms with van der Waals surface area (Å²) in [4.78, 5) is 16.9. The van der Waals surface area contributed by atoms with Crippen LogP contribution < -0.4 is 5.32 Å². The maximum absolute atomic E-state index is 12.2. The van der Waals surface area contributed by atoms with Gasteiger partial charge in [-0.3, -0.25) is 4.79 Å². The molecule has 1 amide bonds. The van der Waals surface area contributed by atoms with Gasteiger partial charge in [-0.25, -0.2) is 4.98 Å². The molecule has 3 rings (SSSR count). The lowest BCUT2D eigenvalue weighted by molar-refractivity contribution is -0.120. The topological polar surface area (TPSA) is 46.9 Å². The molecule has 0 unspecified atom stereocenters. The van der Waals surface area contributed by atoms with Crippen molar-refractivity contribution >= 4 is 28.5 Å². The van der Waals surface area contributed by atoms with Crippen molar-refractivity contribution in [3.8, 4) is 0 Å². The van der Waals surface area contributed by atoms with Gasteiger partial charge in [-0.1, -0.05) is 49.7 Å². The molecule has 1 heterocycles. The fourth-order valence-corrected chi connectivity index (χ4v) is 3.17. The number of imidazole rings is 1. The number of aromatic nitrogens is 2. The summed E-state index contributed by atoms with van der Waals surface area (Å²) in [5.41, 5.74) is 3.12. The van der Waals surface area contributed by atoms with E-state index in [4.69, 9.17) is 16.6 Å². The number of carbonyl (C=O) groups excluding carboxylic acids is 1. The number of nitrogens with one attached hydrogen (secondary N) is 1. The fraction of sp³-hybridized carbons (Fsp3) is 0.333. The smallest absolute Gasteiger partial charge is 0.224 e. The van der Waals surface area contributed by atoms with Crippen molar-refractivity contribution in [2.24, 2.45) is 5.92 Å². The van der Waals surface area contributed by atoms with Crippen LogP contribution in [0.3, 0.4) is 0 Å². The number of benzene rings is 2. The zero-order valence-corrected chi connectivity index (χ0v) is 16.0. The Kier molecular flexibility index (Phi) is 5.94. The highest BCUT2D eigenvalue weighted by Crippen LogP contribution is 2.18. The van der Waals surface area contributed by atoms with Crippen LogP contribution in [0, 0.1) is 5.92 Å². The standard InChI is InChI=1S/C21H24ClN3O/c1-15(2)14-25-19-6-4-3-5-18(19)24-20(25)11-12-23-21(26)13-16-7-9-17(22)10-8-16/h3-10,15H,11-14H2,1-2H3,(H,23,26). The van der Waals surface area contributed by atoms with E-state index in [9.17, 15) is 4.79 Å². The maximum atomic E-state index is 12.2. The summed E-state index contributed by atoms with van der Waals surface area (Å²) >= 11 is 5.87.